The third-order valence-corrected chi connectivity index (χ3v) is 3.33. The van der Waals surface area contributed by atoms with Crippen molar-refractivity contribution in [3.63, 3.8) is 0 Å². The molecule has 1 fully saturated rings. The van der Waals surface area contributed by atoms with Crippen molar-refractivity contribution in [1.82, 2.24) is 15.5 Å². The molecule has 0 saturated heterocycles. The van der Waals surface area contributed by atoms with E-state index in [1.54, 1.807) is 0 Å². The van der Waals surface area contributed by atoms with Crippen LogP contribution in [0.1, 0.15) is 39.5 Å². The summed E-state index contributed by atoms with van der Waals surface area (Å²) in [4.78, 5) is 6.90. The topological polar surface area (TPSA) is 39.7 Å². The molecule has 0 aromatic carbocycles. The van der Waals surface area contributed by atoms with Gasteiger partial charge in [-0.2, -0.15) is 0 Å². The summed E-state index contributed by atoms with van der Waals surface area (Å²) < 4.78 is 0. The molecule has 1 saturated carbocycles. The predicted molar refractivity (Wildman–Crippen MR) is 74.5 cm³/mol. The maximum atomic E-state index is 4.62. The van der Waals surface area contributed by atoms with Crippen molar-refractivity contribution in [2.75, 3.05) is 33.2 Å². The Morgan fingerprint density at radius 1 is 1.29 bits per heavy atom. The first-order chi connectivity index (χ1) is 8.26. The van der Waals surface area contributed by atoms with Crippen LogP contribution in [0.5, 0.6) is 0 Å². The number of nitrogens with one attached hydrogen (secondary N) is 2. The van der Waals surface area contributed by atoms with Crippen LogP contribution >= 0.6 is 0 Å². The third kappa shape index (κ3) is 5.91. The van der Waals surface area contributed by atoms with Crippen LogP contribution in [-0.2, 0) is 0 Å². The summed E-state index contributed by atoms with van der Waals surface area (Å²) in [5.74, 6) is 0.990. The fourth-order valence-electron chi connectivity index (χ4n) is 2.07. The summed E-state index contributed by atoms with van der Waals surface area (Å²) in [7, 11) is 2.13. The van der Waals surface area contributed by atoms with Crippen LogP contribution in [0.4, 0.5) is 0 Å². The predicted octanol–water partition coefficient (Wildman–Crippen LogP) is 1.44. The quantitative estimate of drug-likeness (QED) is 0.545. The molecular formula is C13H28N4. The molecule has 4 heteroatoms. The zero-order valence-corrected chi connectivity index (χ0v) is 11.6. The molecule has 0 heterocycles. The summed E-state index contributed by atoms with van der Waals surface area (Å²) >= 11 is 0. The van der Waals surface area contributed by atoms with Gasteiger partial charge in [-0.05, 0) is 33.4 Å². The lowest BCUT2D eigenvalue weighted by atomic mass is 10.2. The van der Waals surface area contributed by atoms with Gasteiger partial charge in [0.25, 0.3) is 0 Å². The van der Waals surface area contributed by atoms with Gasteiger partial charge in [-0.25, -0.2) is 0 Å². The van der Waals surface area contributed by atoms with E-state index in [1.807, 2.05) is 0 Å². The normalized spacial score (nSPS) is 17.8. The monoisotopic (exact) mass is 240 g/mol. The molecule has 0 aliphatic heterocycles. The van der Waals surface area contributed by atoms with E-state index in [0.29, 0.717) is 6.04 Å². The van der Waals surface area contributed by atoms with Crippen molar-refractivity contribution in [3.8, 4) is 0 Å². The number of guanidine groups is 1. The number of rotatable bonds is 6. The van der Waals surface area contributed by atoms with Gasteiger partial charge in [-0.15, -0.1) is 0 Å². The highest BCUT2D eigenvalue weighted by atomic mass is 15.2. The lowest BCUT2D eigenvalue weighted by molar-refractivity contribution is 0.363. The SMILES string of the molecule is CCNC(=NCCN(C)CC)NC1CCCC1. The number of hydrogen-bond acceptors (Lipinski definition) is 2. The smallest absolute Gasteiger partial charge is 0.191 e. The number of hydrogen-bond donors (Lipinski definition) is 2. The van der Waals surface area contributed by atoms with Crippen molar-refractivity contribution >= 4 is 5.96 Å². The molecule has 100 valence electrons. The summed E-state index contributed by atoms with van der Waals surface area (Å²) in [6.45, 7) is 8.20. The van der Waals surface area contributed by atoms with E-state index in [1.165, 1.54) is 25.7 Å². The Morgan fingerprint density at radius 2 is 2.00 bits per heavy atom. The van der Waals surface area contributed by atoms with E-state index in [9.17, 15) is 0 Å². The fraction of sp³-hybridized carbons (Fsp3) is 0.923. The van der Waals surface area contributed by atoms with E-state index in [4.69, 9.17) is 0 Å². The molecule has 1 rings (SSSR count). The molecule has 0 amide bonds. The highest BCUT2D eigenvalue weighted by Crippen LogP contribution is 2.17. The molecule has 2 N–H and O–H groups in total. The maximum Gasteiger partial charge on any atom is 0.191 e. The van der Waals surface area contributed by atoms with Gasteiger partial charge in [0.15, 0.2) is 5.96 Å². The van der Waals surface area contributed by atoms with Gasteiger partial charge >= 0.3 is 0 Å². The molecule has 0 aromatic rings. The Labute approximate surface area is 106 Å². The Hall–Kier alpha value is -0.770. The fourth-order valence-corrected chi connectivity index (χ4v) is 2.07. The Balaban J connectivity index is 2.32. The van der Waals surface area contributed by atoms with Gasteiger partial charge in [0, 0.05) is 19.1 Å². The van der Waals surface area contributed by atoms with Gasteiger partial charge < -0.3 is 15.5 Å². The molecule has 0 atom stereocenters. The van der Waals surface area contributed by atoms with Crippen LogP contribution in [0.25, 0.3) is 0 Å². The van der Waals surface area contributed by atoms with Crippen LogP contribution in [0.2, 0.25) is 0 Å². The van der Waals surface area contributed by atoms with Crippen molar-refractivity contribution < 1.29 is 0 Å². The van der Waals surface area contributed by atoms with E-state index in [-0.39, 0.29) is 0 Å². The van der Waals surface area contributed by atoms with Gasteiger partial charge in [-0.3, -0.25) is 4.99 Å². The Morgan fingerprint density at radius 3 is 2.59 bits per heavy atom. The van der Waals surface area contributed by atoms with Crippen LogP contribution in [-0.4, -0.2) is 50.1 Å². The second kappa shape index (κ2) is 8.34. The summed E-state index contributed by atoms with van der Waals surface area (Å²) in [5.41, 5.74) is 0. The third-order valence-electron chi connectivity index (χ3n) is 3.33. The summed E-state index contributed by atoms with van der Waals surface area (Å²) in [6.07, 6.45) is 5.30. The zero-order chi connectivity index (χ0) is 12.5. The number of likely N-dealkylation sites (N-methyl/N-ethyl adjacent to an activating group) is 1. The highest BCUT2D eigenvalue weighted by Gasteiger charge is 2.15. The first-order valence-corrected chi connectivity index (χ1v) is 6.99. The van der Waals surface area contributed by atoms with Crippen LogP contribution in [0.3, 0.4) is 0 Å². The average molecular weight is 240 g/mol. The minimum Gasteiger partial charge on any atom is -0.357 e. The molecule has 0 bridgehead atoms. The largest absolute Gasteiger partial charge is 0.357 e. The summed E-state index contributed by atoms with van der Waals surface area (Å²) in [6, 6.07) is 0.636. The van der Waals surface area contributed by atoms with Crippen molar-refractivity contribution in [3.05, 3.63) is 0 Å². The van der Waals surface area contributed by atoms with Crippen LogP contribution < -0.4 is 10.6 Å². The molecular weight excluding hydrogens is 212 g/mol. The second-order valence-electron chi connectivity index (χ2n) is 4.78. The lowest BCUT2D eigenvalue weighted by Crippen LogP contribution is -2.42. The molecule has 1 aliphatic rings. The van der Waals surface area contributed by atoms with Gasteiger partial charge in [-0.1, -0.05) is 19.8 Å². The molecule has 1 aliphatic carbocycles. The highest BCUT2D eigenvalue weighted by molar-refractivity contribution is 5.80. The molecule has 0 aromatic heterocycles. The molecule has 0 radical (unpaired) electrons. The maximum absolute atomic E-state index is 4.62. The molecule has 4 nitrogen and oxygen atoms in total. The van der Waals surface area contributed by atoms with Gasteiger partial charge in [0.2, 0.25) is 0 Å². The van der Waals surface area contributed by atoms with E-state index in [0.717, 1.165) is 32.1 Å². The van der Waals surface area contributed by atoms with E-state index in [2.05, 4.69) is 41.4 Å². The van der Waals surface area contributed by atoms with Gasteiger partial charge in [0.05, 0.1) is 6.54 Å². The van der Waals surface area contributed by atoms with E-state index < -0.39 is 0 Å². The van der Waals surface area contributed by atoms with Crippen LogP contribution in [0, 0.1) is 0 Å². The lowest BCUT2D eigenvalue weighted by Gasteiger charge is -2.17. The van der Waals surface area contributed by atoms with Crippen molar-refractivity contribution in [2.45, 2.75) is 45.6 Å². The molecule has 17 heavy (non-hydrogen) atoms. The van der Waals surface area contributed by atoms with Crippen molar-refractivity contribution in [1.29, 1.82) is 0 Å². The Kier molecular flexibility index (Phi) is 7.01. The number of nitrogens with zero attached hydrogens (tertiary/aromatic N) is 2. The van der Waals surface area contributed by atoms with Crippen molar-refractivity contribution in [2.24, 2.45) is 4.99 Å². The zero-order valence-electron chi connectivity index (χ0n) is 11.6. The Bertz CT molecular complexity index is 221. The number of aliphatic imine (C=N–C) groups is 1. The second-order valence-corrected chi connectivity index (χ2v) is 4.78. The minimum absolute atomic E-state index is 0.636. The first-order valence-electron chi connectivity index (χ1n) is 6.99. The van der Waals surface area contributed by atoms with Crippen LogP contribution in [0.15, 0.2) is 4.99 Å². The molecule has 0 spiro atoms. The van der Waals surface area contributed by atoms with Gasteiger partial charge in [0.1, 0.15) is 0 Å². The minimum atomic E-state index is 0.636. The standard InChI is InChI=1S/C13H28N4/c1-4-14-13(15-10-11-17(3)5-2)16-12-8-6-7-9-12/h12H,4-11H2,1-3H3,(H2,14,15,16). The molecule has 0 unspecified atom stereocenters. The van der Waals surface area contributed by atoms with E-state index >= 15 is 0 Å². The average Bonchev–Trinajstić information content (AvgIpc) is 2.81. The summed E-state index contributed by atoms with van der Waals surface area (Å²) in [5, 5.41) is 6.85. The first kappa shape index (κ1) is 14.3.